The van der Waals surface area contributed by atoms with Gasteiger partial charge in [-0.2, -0.15) is 0 Å². The predicted molar refractivity (Wildman–Crippen MR) is 281 cm³/mol. The fourth-order valence-electron chi connectivity index (χ4n) is 7.44. The lowest BCUT2D eigenvalue weighted by atomic mass is 10.0. The third-order valence-corrected chi connectivity index (χ3v) is 11.0. The third-order valence-electron chi connectivity index (χ3n) is 11.0. The summed E-state index contributed by atoms with van der Waals surface area (Å²) in [4.78, 5) is 71.9. The van der Waals surface area contributed by atoms with Gasteiger partial charge in [0, 0.05) is 55.1 Å². The molecular weight excluding hydrogens is 991 g/mol. The van der Waals surface area contributed by atoms with Crippen LogP contribution in [0.2, 0.25) is 0 Å². The second-order valence-corrected chi connectivity index (χ2v) is 18.3. The second kappa shape index (κ2) is 37.7. The van der Waals surface area contributed by atoms with Gasteiger partial charge >= 0.3 is 5.97 Å². The number of nitrogens with two attached hydrogens (primary N) is 1. The van der Waals surface area contributed by atoms with Gasteiger partial charge in [0.25, 0.3) is 11.8 Å². The Kier molecular flexibility index (Phi) is 31.5. The van der Waals surface area contributed by atoms with E-state index in [2.05, 4.69) is 20.3 Å². The molecule has 23 nitrogen and oxygen atoms in total. The van der Waals surface area contributed by atoms with Crippen LogP contribution in [0.25, 0.3) is 17.2 Å². The summed E-state index contributed by atoms with van der Waals surface area (Å²) in [5, 5.41) is 4.24. The number of carbonyl (C=O) groups excluding carboxylic acids is 4. The standard InChI is InChI=1S/C53H83N7O16/c1-6-14-60(75-7-2)51(63)43-36-42-11-10-41(37-45(42)58-47(54)38-43)44-39-56-49(57-40-44)52(64)59-15-8-9-46(59)50(62)55-13-17-66-19-21-68-23-25-70-27-29-72-31-33-74-35-34-73-32-30-71-28-26-69-24-22-67-20-18-65-16-12-48(61)76-53(3,4)5/h10-11,36-37,39-40,46H,6-9,12-35,38H2,1-5H3,(H2,54,58)(H,55,62)/t46-/m1/s1. The third kappa shape index (κ3) is 25.9. The maximum atomic E-state index is 13.5. The number of hydrogen-bond acceptors (Lipinski definition) is 20. The normalized spacial score (nSPS) is 14.5. The number of rotatable bonds is 41. The molecule has 2 aliphatic rings. The number of nitrogens with zero attached hydrogens (tertiary/aromatic N) is 5. The molecule has 23 heteroatoms. The fraction of sp³-hybridized carbons (Fsp3) is 0.679. The lowest BCUT2D eigenvalue weighted by Crippen LogP contribution is -2.47. The van der Waals surface area contributed by atoms with Gasteiger partial charge in [-0.25, -0.2) is 20.0 Å². The molecule has 426 valence electrons. The van der Waals surface area contributed by atoms with E-state index < -0.39 is 17.6 Å². The molecule has 1 aromatic heterocycles. The molecule has 0 radical (unpaired) electrons. The quantitative estimate of drug-likeness (QED) is 0.0546. The molecule has 2 aliphatic heterocycles. The predicted octanol–water partition coefficient (Wildman–Crippen LogP) is 3.73. The number of esters is 1. The minimum atomic E-state index is -0.636. The minimum Gasteiger partial charge on any atom is -0.460 e. The average Bonchev–Trinajstić information content (AvgIpc) is 3.83. The monoisotopic (exact) mass is 1070 g/mol. The van der Waals surface area contributed by atoms with Crippen LogP contribution in [0.5, 0.6) is 0 Å². The van der Waals surface area contributed by atoms with Crippen LogP contribution in [0.15, 0.2) is 41.2 Å². The molecule has 0 aliphatic carbocycles. The molecule has 0 bridgehead atoms. The first-order valence-corrected chi connectivity index (χ1v) is 26.4. The summed E-state index contributed by atoms with van der Waals surface area (Å²) < 4.78 is 60.3. The zero-order valence-corrected chi connectivity index (χ0v) is 45.4. The number of hydroxylamine groups is 2. The number of ether oxygens (including phenoxy) is 11. The number of hydrogen-bond donors (Lipinski definition) is 2. The van der Waals surface area contributed by atoms with Crippen LogP contribution in [0.1, 0.15) is 82.9 Å². The van der Waals surface area contributed by atoms with E-state index in [0.29, 0.717) is 181 Å². The van der Waals surface area contributed by atoms with E-state index in [9.17, 15) is 19.2 Å². The van der Waals surface area contributed by atoms with Crippen molar-refractivity contribution in [2.75, 3.05) is 158 Å². The average molecular weight is 1070 g/mol. The maximum Gasteiger partial charge on any atom is 0.308 e. The van der Waals surface area contributed by atoms with Crippen molar-refractivity contribution < 1.29 is 76.1 Å². The van der Waals surface area contributed by atoms with E-state index in [0.717, 1.165) is 17.5 Å². The second-order valence-electron chi connectivity index (χ2n) is 18.3. The number of aromatic nitrogens is 2. The molecule has 3 heterocycles. The minimum absolute atomic E-state index is 0.00636. The van der Waals surface area contributed by atoms with Gasteiger partial charge in [0.15, 0.2) is 0 Å². The van der Waals surface area contributed by atoms with E-state index in [1.807, 2.05) is 52.8 Å². The summed E-state index contributed by atoms with van der Waals surface area (Å²) in [6.07, 6.45) is 7.28. The number of amides is 3. The first-order valence-electron chi connectivity index (χ1n) is 26.4. The van der Waals surface area contributed by atoms with E-state index in [1.54, 1.807) is 18.5 Å². The number of benzene rings is 1. The Balaban J connectivity index is 0.922. The number of aliphatic imine (C=N–C) groups is 1. The lowest BCUT2D eigenvalue weighted by molar-refractivity contribution is -0.180. The summed E-state index contributed by atoms with van der Waals surface area (Å²) in [5.41, 5.74) is 8.98. The topological polar surface area (TPSA) is 262 Å². The zero-order chi connectivity index (χ0) is 54.6. The van der Waals surface area contributed by atoms with Gasteiger partial charge in [0.05, 0.1) is 151 Å². The van der Waals surface area contributed by atoms with Crippen LogP contribution < -0.4 is 11.1 Å². The van der Waals surface area contributed by atoms with E-state index in [1.165, 1.54) is 9.96 Å². The van der Waals surface area contributed by atoms with Crippen molar-refractivity contribution >= 4 is 41.3 Å². The summed E-state index contributed by atoms with van der Waals surface area (Å²) in [6.45, 7) is 19.2. The van der Waals surface area contributed by atoms with Crippen molar-refractivity contribution in [3.05, 3.63) is 47.6 Å². The Hall–Kier alpha value is -5.05. The molecule has 0 unspecified atom stereocenters. The Morgan fingerprint density at radius 3 is 1.68 bits per heavy atom. The lowest BCUT2D eigenvalue weighted by Gasteiger charge is -2.23. The molecule has 1 aromatic carbocycles. The summed E-state index contributed by atoms with van der Waals surface area (Å²) in [7, 11) is 0. The van der Waals surface area contributed by atoms with Gasteiger partial charge in [-0.1, -0.05) is 19.1 Å². The maximum absolute atomic E-state index is 13.5. The van der Waals surface area contributed by atoms with Crippen LogP contribution >= 0.6 is 0 Å². The molecule has 1 saturated heterocycles. The molecule has 76 heavy (non-hydrogen) atoms. The van der Waals surface area contributed by atoms with Crippen LogP contribution in [0.3, 0.4) is 0 Å². The molecule has 1 fully saturated rings. The van der Waals surface area contributed by atoms with E-state index in [-0.39, 0.29) is 49.6 Å². The van der Waals surface area contributed by atoms with Gasteiger partial charge in [-0.05, 0) is 64.7 Å². The number of likely N-dealkylation sites (tertiary alicyclic amines) is 1. The summed E-state index contributed by atoms with van der Waals surface area (Å²) >= 11 is 0. The SMILES string of the molecule is CCCN(OCC)C(=O)C1=Cc2ccc(-c3cnc(C(=O)N4CCC[C@@H]4C(=O)NCCOCCOCCOCCOCCOCCOCCOCCOCCOCCOCCC(=O)OC(C)(C)C)nc3)cc2N=C(N)C1. The Bertz CT molecular complexity index is 2050. The van der Waals surface area contributed by atoms with Gasteiger partial charge in [0.2, 0.25) is 11.7 Å². The first-order chi connectivity index (χ1) is 36.9. The highest BCUT2D eigenvalue weighted by Crippen LogP contribution is 2.32. The smallest absolute Gasteiger partial charge is 0.308 e. The van der Waals surface area contributed by atoms with Gasteiger partial charge in [-0.3, -0.25) is 24.0 Å². The Morgan fingerprint density at radius 2 is 1.20 bits per heavy atom. The summed E-state index contributed by atoms with van der Waals surface area (Å²) in [5.74, 6) is -0.908. The van der Waals surface area contributed by atoms with Gasteiger partial charge < -0.3 is 68.1 Å². The number of amidine groups is 1. The molecular formula is C53H83N7O16. The summed E-state index contributed by atoms with van der Waals surface area (Å²) in [6, 6.07) is 4.93. The van der Waals surface area contributed by atoms with Crippen LogP contribution in [0, 0.1) is 0 Å². The van der Waals surface area contributed by atoms with Crippen LogP contribution in [-0.4, -0.2) is 219 Å². The number of nitrogens with one attached hydrogen (secondary N) is 1. The van der Waals surface area contributed by atoms with E-state index >= 15 is 0 Å². The van der Waals surface area contributed by atoms with Crippen molar-refractivity contribution in [2.45, 2.75) is 78.4 Å². The highest BCUT2D eigenvalue weighted by atomic mass is 16.7. The molecule has 1 atom stereocenters. The molecule has 3 amide bonds. The molecule has 2 aromatic rings. The van der Waals surface area contributed by atoms with Crippen molar-refractivity contribution in [2.24, 2.45) is 10.7 Å². The van der Waals surface area contributed by atoms with E-state index in [4.69, 9.17) is 62.7 Å². The van der Waals surface area contributed by atoms with Crippen molar-refractivity contribution in [3.63, 3.8) is 0 Å². The van der Waals surface area contributed by atoms with Gasteiger partial charge in [-0.15, -0.1) is 0 Å². The van der Waals surface area contributed by atoms with Crippen LogP contribution in [0.4, 0.5) is 5.69 Å². The number of carbonyl (C=O) groups is 4. The zero-order valence-electron chi connectivity index (χ0n) is 45.4. The fourth-order valence-corrected chi connectivity index (χ4v) is 7.44. The van der Waals surface area contributed by atoms with Gasteiger partial charge in [0.1, 0.15) is 17.5 Å². The molecule has 4 rings (SSSR count). The van der Waals surface area contributed by atoms with Crippen LogP contribution in [-0.2, 0) is 71.3 Å². The molecule has 0 saturated carbocycles. The highest BCUT2D eigenvalue weighted by Gasteiger charge is 2.35. The first kappa shape index (κ1) is 63.5. The number of fused-ring (bicyclic) bond motifs is 1. The Morgan fingerprint density at radius 1 is 0.697 bits per heavy atom. The Labute approximate surface area is 447 Å². The molecule has 0 spiro atoms. The van der Waals surface area contributed by atoms with Crippen molar-refractivity contribution in [1.29, 1.82) is 0 Å². The van der Waals surface area contributed by atoms with Crippen molar-refractivity contribution in [1.82, 2.24) is 25.2 Å². The largest absolute Gasteiger partial charge is 0.460 e. The molecule has 3 N–H and O–H groups in total. The highest BCUT2D eigenvalue weighted by molar-refractivity contribution is 6.05. The van der Waals surface area contributed by atoms with Crippen molar-refractivity contribution in [3.8, 4) is 11.1 Å².